The fourth-order valence-electron chi connectivity index (χ4n) is 4.39. The molecule has 1 unspecified atom stereocenters. The van der Waals surface area contributed by atoms with Crippen LogP contribution in [0.15, 0.2) is 42.5 Å². The zero-order valence-corrected chi connectivity index (χ0v) is 17.1. The monoisotopic (exact) mass is 382 g/mol. The Morgan fingerprint density at radius 1 is 1.07 bits per heavy atom. The molecule has 3 rings (SSSR count). The first-order valence-corrected chi connectivity index (χ1v) is 10.9. The van der Waals surface area contributed by atoms with Crippen molar-refractivity contribution < 1.29 is 9.59 Å². The van der Waals surface area contributed by atoms with Gasteiger partial charge in [-0.05, 0) is 50.0 Å². The second kappa shape index (κ2) is 9.90. The predicted octanol–water partition coefficient (Wildman–Crippen LogP) is 4.16. The van der Waals surface area contributed by atoms with E-state index < -0.39 is 11.5 Å². The van der Waals surface area contributed by atoms with E-state index in [1.807, 2.05) is 25.1 Å². The van der Waals surface area contributed by atoms with Gasteiger partial charge in [0.2, 0.25) is 11.8 Å². The minimum atomic E-state index is -0.402. The van der Waals surface area contributed by atoms with E-state index in [4.69, 9.17) is 0 Å². The molecule has 1 atom stereocenters. The molecule has 1 aromatic carbocycles. The summed E-state index contributed by atoms with van der Waals surface area (Å²) in [6.07, 6.45) is 13.1. The van der Waals surface area contributed by atoms with Gasteiger partial charge in [0.05, 0.1) is 5.41 Å². The minimum absolute atomic E-state index is 0.0112. The molecule has 152 valence electrons. The number of rotatable bonds is 8. The van der Waals surface area contributed by atoms with Gasteiger partial charge in [-0.1, -0.05) is 68.7 Å². The number of aryl methyl sites for hydroxylation is 1. The van der Waals surface area contributed by atoms with Crippen molar-refractivity contribution in [3.05, 3.63) is 48.0 Å². The molecule has 0 spiro atoms. The number of nitrogens with one attached hydrogen (secondary N) is 2. The molecule has 2 aliphatic rings. The summed E-state index contributed by atoms with van der Waals surface area (Å²) in [5, 5.41) is 6.23. The van der Waals surface area contributed by atoms with Crippen molar-refractivity contribution in [2.75, 3.05) is 6.54 Å². The Morgan fingerprint density at radius 3 is 2.43 bits per heavy atom. The van der Waals surface area contributed by atoms with Gasteiger partial charge >= 0.3 is 0 Å². The lowest BCUT2D eigenvalue weighted by Gasteiger charge is -2.33. The molecule has 0 heterocycles. The molecule has 1 fully saturated rings. The SMILES string of the molecule is CC1(C(=O)NC(C(=O)NCCCc2ccccc2)C2CCCCC2)CC=CC1. The molecule has 0 radical (unpaired) electrons. The Kier molecular flexibility index (Phi) is 7.30. The van der Waals surface area contributed by atoms with Crippen LogP contribution in [-0.4, -0.2) is 24.4 Å². The third kappa shape index (κ3) is 5.46. The lowest BCUT2D eigenvalue weighted by atomic mass is 9.81. The zero-order valence-electron chi connectivity index (χ0n) is 17.1. The molecule has 4 nitrogen and oxygen atoms in total. The number of amides is 2. The van der Waals surface area contributed by atoms with Crippen molar-refractivity contribution in [1.29, 1.82) is 0 Å². The van der Waals surface area contributed by atoms with Gasteiger partial charge in [0.15, 0.2) is 0 Å². The molecule has 0 saturated heterocycles. The summed E-state index contributed by atoms with van der Waals surface area (Å²) in [5.74, 6) is 0.264. The Labute approximate surface area is 169 Å². The molecule has 2 amide bonds. The molecule has 4 heteroatoms. The summed E-state index contributed by atoms with van der Waals surface area (Å²) in [7, 11) is 0. The number of allylic oxidation sites excluding steroid dienone is 2. The van der Waals surface area contributed by atoms with E-state index in [2.05, 4.69) is 34.9 Å². The summed E-state index contributed by atoms with van der Waals surface area (Å²) >= 11 is 0. The Bertz CT molecular complexity index is 669. The lowest BCUT2D eigenvalue weighted by Crippen LogP contribution is -2.54. The van der Waals surface area contributed by atoms with Gasteiger partial charge < -0.3 is 10.6 Å². The van der Waals surface area contributed by atoms with Gasteiger partial charge in [0, 0.05) is 6.54 Å². The van der Waals surface area contributed by atoms with Crippen molar-refractivity contribution in [3.8, 4) is 0 Å². The topological polar surface area (TPSA) is 58.2 Å². The van der Waals surface area contributed by atoms with E-state index in [1.165, 1.54) is 12.0 Å². The zero-order chi connectivity index (χ0) is 19.8. The molecular weight excluding hydrogens is 348 g/mol. The highest BCUT2D eigenvalue weighted by atomic mass is 16.2. The second-order valence-corrected chi connectivity index (χ2v) is 8.67. The predicted molar refractivity (Wildman–Crippen MR) is 113 cm³/mol. The number of carbonyl (C=O) groups excluding carboxylic acids is 2. The number of carbonyl (C=O) groups is 2. The van der Waals surface area contributed by atoms with Crippen LogP contribution in [0.4, 0.5) is 0 Å². The molecular formula is C24H34N2O2. The van der Waals surface area contributed by atoms with Gasteiger partial charge in [0.25, 0.3) is 0 Å². The fourth-order valence-corrected chi connectivity index (χ4v) is 4.39. The third-order valence-electron chi connectivity index (χ3n) is 6.33. The molecule has 2 aliphatic carbocycles. The van der Waals surface area contributed by atoms with Crippen molar-refractivity contribution >= 4 is 11.8 Å². The van der Waals surface area contributed by atoms with Crippen molar-refractivity contribution in [2.45, 2.75) is 70.8 Å². The maximum absolute atomic E-state index is 13.0. The average Bonchev–Trinajstić information content (AvgIpc) is 3.18. The maximum Gasteiger partial charge on any atom is 0.242 e. The summed E-state index contributed by atoms with van der Waals surface area (Å²) in [6, 6.07) is 9.93. The molecule has 1 saturated carbocycles. The van der Waals surface area contributed by atoms with E-state index in [-0.39, 0.29) is 17.7 Å². The quantitative estimate of drug-likeness (QED) is 0.524. The lowest BCUT2D eigenvalue weighted by molar-refractivity contribution is -0.135. The van der Waals surface area contributed by atoms with Crippen LogP contribution in [0.2, 0.25) is 0 Å². The first kappa shape index (κ1) is 20.6. The fraction of sp³-hybridized carbons (Fsp3) is 0.583. The van der Waals surface area contributed by atoms with Crippen molar-refractivity contribution in [3.63, 3.8) is 0 Å². The molecule has 0 aromatic heterocycles. The second-order valence-electron chi connectivity index (χ2n) is 8.67. The third-order valence-corrected chi connectivity index (χ3v) is 6.33. The van der Waals surface area contributed by atoms with Crippen LogP contribution >= 0.6 is 0 Å². The smallest absolute Gasteiger partial charge is 0.242 e. The van der Waals surface area contributed by atoms with Gasteiger partial charge in [-0.15, -0.1) is 0 Å². The molecule has 1 aromatic rings. The standard InChI is InChI=1S/C24H34N2O2/c1-24(16-8-9-17-24)23(28)26-21(20-14-6-3-7-15-20)22(27)25-18-10-13-19-11-4-2-5-12-19/h2,4-5,8-9,11-12,20-21H,3,6-7,10,13-18H2,1H3,(H,25,27)(H,26,28). The first-order chi connectivity index (χ1) is 13.6. The Balaban J connectivity index is 1.54. The summed E-state index contributed by atoms with van der Waals surface area (Å²) in [5.41, 5.74) is 0.885. The Hall–Kier alpha value is -2.10. The van der Waals surface area contributed by atoms with Crippen LogP contribution < -0.4 is 10.6 Å². The van der Waals surface area contributed by atoms with Gasteiger partial charge in [-0.2, -0.15) is 0 Å². The van der Waals surface area contributed by atoms with Crippen LogP contribution in [0, 0.1) is 11.3 Å². The highest BCUT2D eigenvalue weighted by Gasteiger charge is 2.38. The largest absolute Gasteiger partial charge is 0.354 e. The van der Waals surface area contributed by atoms with E-state index in [0.717, 1.165) is 51.4 Å². The van der Waals surface area contributed by atoms with E-state index >= 15 is 0 Å². The highest BCUT2D eigenvalue weighted by molar-refractivity contribution is 5.90. The van der Waals surface area contributed by atoms with Crippen LogP contribution in [0.5, 0.6) is 0 Å². The van der Waals surface area contributed by atoms with E-state index in [0.29, 0.717) is 6.54 Å². The van der Waals surface area contributed by atoms with Crippen molar-refractivity contribution in [2.24, 2.45) is 11.3 Å². The van der Waals surface area contributed by atoms with Crippen LogP contribution in [-0.2, 0) is 16.0 Å². The van der Waals surface area contributed by atoms with Crippen LogP contribution in [0.3, 0.4) is 0 Å². The number of hydrogen-bond acceptors (Lipinski definition) is 2. The summed E-state index contributed by atoms with van der Waals surface area (Å²) in [6.45, 7) is 2.64. The van der Waals surface area contributed by atoms with Crippen LogP contribution in [0.25, 0.3) is 0 Å². The number of hydrogen-bond donors (Lipinski definition) is 2. The van der Waals surface area contributed by atoms with E-state index in [1.54, 1.807) is 0 Å². The molecule has 28 heavy (non-hydrogen) atoms. The maximum atomic E-state index is 13.0. The van der Waals surface area contributed by atoms with Crippen molar-refractivity contribution in [1.82, 2.24) is 10.6 Å². The normalized spacial score (nSPS) is 19.9. The summed E-state index contributed by atoms with van der Waals surface area (Å²) in [4.78, 5) is 25.9. The molecule has 2 N–H and O–H groups in total. The minimum Gasteiger partial charge on any atom is -0.354 e. The van der Waals surface area contributed by atoms with Gasteiger partial charge in [0.1, 0.15) is 6.04 Å². The first-order valence-electron chi connectivity index (χ1n) is 10.9. The molecule has 0 bridgehead atoms. The molecule has 0 aliphatic heterocycles. The number of benzene rings is 1. The Morgan fingerprint density at radius 2 is 1.75 bits per heavy atom. The summed E-state index contributed by atoms with van der Waals surface area (Å²) < 4.78 is 0. The van der Waals surface area contributed by atoms with Gasteiger partial charge in [-0.25, -0.2) is 0 Å². The van der Waals surface area contributed by atoms with Crippen LogP contribution in [0.1, 0.15) is 63.9 Å². The van der Waals surface area contributed by atoms with E-state index in [9.17, 15) is 9.59 Å². The highest BCUT2D eigenvalue weighted by Crippen LogP contribution is 2.34. The average molecular weight is 383 g/mol. The van der Waals surface area contributed by atoms with Gasteiger partial charge in [-0.3, -0.25) is 9.59 Å².